The summed E-state index contributed by atoms with van der Waals surface area (Å²) in [6.07, 6.45) is 1.68. The second-order valence-corrected chi connectivity index (χ2v) is 2.61. The predicted molar refractivity (Wildman–Crippen MR) is 44.6 cm³/mol. The molecule has 0 heterocycles. The van der Waals surface area contributed by atoms with Crippen LogP contribution in [0, 0.1) is 0 Å². The molecule has 0 aliphatic carbocycles. The van der Waals surface area contributed by atoms with Crippen LogP contribution in [0.1, 0.15) is 25.0 Å². The van der Waals surface area contributed by atoms with E-state index in [1.165, 1.54) is 0 Å². The highest BCUT2D eigenvalue weighted by Crippen LogP contribution is 2.19. The average molecular weight is 149 g/mol. The lowest BCUT2D eigenvalue weighted by atomic mass is 10.1. The molecule has 1 nitrogen and oxygen atoms in total. The van der Waals surface area contributed by atoms with Gasteiger partial charge in [-0.3, -0.25) is 0 Å². The van der Waals surface area contributed by atoms with E-state index in [0.29, 0.717) is 0 Å². The van der Waals surface area contributed by atoms with Gasteiger partial charge in [0, 0.05) is 0 Å². The maximum absolute atomic E-state index is 11.4. The molecule has 11 heavy (non-hydrogen) atoms. The summed E-state index contributed by atoms with van der Waals surface area (Å²) in [5, 5.41) is 11.4. The molecule has 0 amide bonds. The molecule has 60 valence electrons. The average Bonchev–Trinajstić information content (AvgIpc) is 2.05. The Morgan fingerprint density at radius 2 is 1.55 bits per heavy atom. The quantitative estimate of drug-likeness (QED) is 0.629. The van der Waals surface area contributed by atoms with Crippen LogP contribution in [-0.4, -0.2) is 0 Å². The van der Waals surface area contributed by atoms with Gasteiger partial charge in [-0.25, -0.2) is 0 Å². The molecule has 0 fully saturated rings. The molecular weight excluding hydrogens is 136 g/mol. The highest BCUT2D eigenvalue weighted by atomic mass is 16.3. The first-order valence-electron chi connectivity index (χ1n) is 4.07. The Morgan fingerprint density at radius 3 is 1.91 bits per heavy atom. The molecule has 1 aromatic carbocycles. The van der Waals surface area contributed by atoms with E-state index in [1.807, 2.05) is 32.0 Å². The van der Waals surface area contributed by atoms with E-state index in [1.54, 1.807) is 0 Å². The van der Waals surface area contributed by atoms with E-state index in [9.17, 15) is 5.11 Å². The minimum atomic E-state index is 0.234. The van der Waals surface area contributed by atoms with E-state index >= 15 is 0 Å². The molecule has 0 aromatic heterocycles. The van der Waals surface area contributed by atoms with E-state index in [2.05, 4.69) is 0 Å². The zero-order chi connectivity index (χ0) is 8.27. The third-order valence-electron chi connectivity index (χ3n) is 1.94. The number of rotatable bonds is 2. The van der Waals surface area contributed by atoms with Crippen molar-refractivity contribution in [1.29, 1.82) is 0 Å². The molecule has 0 aliphatic rings. The topological polar surface area (TPSA) is 23.1 Å². The molecule has 0 N–H and O–H groups in total. The fraction of sp³-hybridized carbons (Fsp3) is 0.400. The fourth-order valence-corrected chi connectivity index (χ4v) is 1.19. The van der Waals surface area contributed by atoms with Crippen LogP contribution in [-0.2, 0) is 12.8 Å². The van der Waals surface area contributed by atoms with E-state index < -0.39 is 0 Å². The lowest BCUT2D eigenvalue weighted by Gasteiger charge is -2.16. The lowest BCUT2D eigenvalue weighted by Crippen LogP contribution is -2.00. The minimum Gasteiger partial charge on any atom is -0.872 e. The van der Waals surface area contributed by atoms with Gasteiger partial charge in [-0.2, -0.15) is 0 Å². The summed E-state index contributed by atoms with van der Waals surface area (Å²) in [6.45, 7) is 4.02. The summed E-state index contributed by atoms with van der Waals surface area (Å²) >= 11 is 0. The maximum Gasteiger partial charge on any atom is -0.0313 e. The molecule has 0 spiro atoms. The number of hydrogen-bond donors (Lipinski definition) is 0. The van der Waals surface area contributed by atoms with Crippen molar-refractivity contribution in [2.45, 2.75) is 26.7 Å². The fourth-order valence-electron chi connectivity index (χ4n) is 1.19. The Kier molecular flexibility index (Phi) is 2.53. The van der Waals surface area contributed by atoms with Crippen molar-refractivity contribution in [2.24, 2.45) is 0 Å². The molecule has 1 rings (SSSR count). The summed E-state index contributed by atoms with van der Waals surface area (Å²) in [7, 11) is 0. The molecule has 0 unspecified atom stereocenters. The largest absolute Gasteiger partial charge is 0.872 e. The summed E-state index contributed by atoms with van der Waals surface area (Å²) < 4.78 is 0. The first kappa shape index (κ1) is 8.12. The summed E-state index contributed by atoms with van der Waals surface area (Å²) in [5.41, 5.74) is 1.87. The smallest absolute Gasteiger partial charge is 0.0313 e. The van der Waals surface area contributed by atoms with Crippen molar-refractivity contribution in [3.8, 4) is 5.75 Å². The van der Waals surface area contributed by atoms with E-state index in [4.69, 9.17) is 0 Å². The molecule has 0 aliphatic heterocycles. The highest BCUT2D eigenvalue weighted by molar-refractivity contribution is 5.39. The van der Waals surface area contributed by atoms with E-state index in [0.717, 1.165) is 24.0 Å². The van der Waals surface area contributed by atoms with Gasteiger partial charge in [-0.05, 0) is 12.8 Å². The molecule has 0 bridgehead atoms. The number of para-hydroxylation sites is 1. The van der Waals surface area contributed by atoms with Crippen LogP contribution in [0.5, 0.6) is 5.75 Å². The van der Waals surface area contributed by atoms with Gasteiger partial charge in [0.2, 0.25) is 0 Å². The second kappa shape index (κ2) is 3.42. The minimum absolute atomic E-state index is 0.234. The van der Waals surface area contributed by atoms with Crippen LogP contribution in [0.3, 0.4) is 0 Å². The normalized spacial score (nSPS) is 10.0. The van der Waals surface area contributed by atoms with Crippen molar-refractivity contribution >= 4 is 0 Å². The van der Waals surface area contributed by atoms with Gasteiger partial charge in [0.05, 0.1) is 0 Å². The Labute approximate surface area is 67.7 Å². The third-order valence-corrected chi connectivity index (χ3v) is 1.94. The van der Waals surface area contributed by atoms with Gasteiger partial charge in [-0.1, -0.05) is 43.2 Å². The van der Waals surface area contributed by atoms with Crippen LogP contribution in [0.25, 0.3) is 0 Å². The van der Waals surface area contributed by atoms with Crippen molar-refractivity contribution in [2.75, 3.05) is 0 Å². The van der Waals surface area contributed by atoms with Gasteiger partial charge in [-0.15, -0.1) is 5.75 Å². The third kappa shape index (κ3) is 1.53. The maximum atomic E-state index is 11.4. The lowest BCUT2D eigenvalue weighted by molar-refractivity contribution is -0.270. The SMILES string of the molecule is CCc1cccc(CC)c1[O-]. The highest BCUT2D eigenvalue weighted by Gasteiger charge is 1.94. The standard InChI is InChI=1S/C10H14O/c1-3-8-6-5-7-9(4-2)10(8)11/h5-7,11H,3-4H2,1-2H3/p-1. The Hall–Kier alpha value is -0.980. The Balaban J connectivity index is 3.10. The van der Waals surface area contributed by atoms with Crippen LogP contribution >= 0.6 is 0 Å². The summed E-state index contributed by atoms with van der Waals surface area (Å²) in [4.78, 5) is 0. The Bertz CT molecular complexity index is 218. The molecule has 0 atom stereocenters. The molecule has 1 heteroatoms. The summed E-state index contributed by atoms with van der Waals surface area (Å²) in [6, 6.07) is 5.77. The van der Waals surface area contributed by atoms with E-state index in [-0.39, 0.29) is 5.75 Å². The van der Waals surface area contributed by atoms with Crippen molar-refractivity contribution in [3.63, 3.8) is 0 Å². The zero-order valence-corrected chi connectivity index (χ0v) is 7.05. The van der Waals surface area contributed by atoms with Crippen LogP contribution in [0.15, 0.2) is 18.2 Å². The van der Waals surface area contributed by atoms with Crippen LogP contribution < -0.4 is 5.11 Å². The molecule has 1 aromatic rings. The van der Waals surface area contributed by atoms with Crippen LogP contribution in [0.4, 0.5) is 0 Å². The number of hydrogen-bond acceptors (Lipinski definition) is 1. The van der Waals surface area contributed by atoms with Crippen molar-refractivity contribution in [3.05, 3.63) is 29.3 Å². The van der Waals surface area contributed by atoms with Gasteiger partial charge >= 0.3 is 0 Å². The van der Waals surface area contributed by atoms with Gasteiger partial charge in [0.25, 0.3) is 0 Å². The van der Waals surface area contributed by atoms with Gasteiger partial charge in [0.1, 0.15) is 0 Å². The Morgan fingerprint density at radius 1 is 1.09 bits per heavy atom. The van der Waals surface area contributed by atoms with Crippen molar-refractivity contribution in [1.82, 2.24) is 0 Å². The monoisotopic (exact) mass is 149 g/mol. The number of benzene rings is 1. The van der Waals surface area contributed by atoms with Gasteiger partial charge < -0.3 is 5.11 Å². The first-order valence-corrected chi connectivity index (χ1v) is 4.07. The second-order valence-electron chi connectivity index (χ2n) is 2.61. The van der Waals surface area contributed by atoms with Crippen LogP contribution in [0.2, 0.25) is 0 Å². The summed E-state index contributed by atoms with van der Waals surface area (Å²) in [5.74, 6) is 0.234. The zero-order valence-electron chi connectivity index (χ0n) is 7.05. The van der Waals surface area contributed by atoms with Gasteiger partial charge in [0.15, 0.2) is 0 Å². The molecule has 0 saturated carbocycles. The predicted octanol–water partition coefficient (Wildman–Crippen LogP) is 1.89. The molecular formula is C10H13O-. The van der Waals surface area contributed by atoms with Crippen molar-refractivity contribution < 1.29 is 5.11 Å². The molecule has 0 saturated heterocycles. The number of aryl methyl sites for hydroxylation is 2. The molecule has 0 radical (unpaired) electrons. The first-order chi connectivity index (χ1) is 5.29.